The van der Waals surface area contributed by atoms with Gasteiger partial charge in [0.05, 0.1) is 5.56 Å². The van der Waals surface area contributed by atoms with Crippen LogP contribution in [-0.2, 0) is 10.4 Å². The molecule has 1 aliphatic rings. The van der Waals surface area contributed by atoms with Gasteiger partial charge in [-0.1, -0.05) is 12.1 Å². The zero-order chi connectivity index (χ0) is 15.2. The van der Waals surface area contributed by atoms with Crippen LogP contribution >= 0.6 is 0 Å². The summed E-state index contributed by atoms with van der Waals surface area (Å²) in [5.41, 5.74) is 1.21. The van der Waals surface area contributed by atoms with Gasteiger partial charge in [-0.3, -0.25) is 0 Å². The maximum absolute atomic E-state index is 12.9. The molecule has 0 atom stereocenters. The van der Waals surface area contributed by atoms with E-state index in [0.717, 1.165) is 0 Å². The summed E-state index contributed by atoms with van der Waals surface area (Å²) in [6.45, 7) is 5.07. The number of alkyl halides is 3. The molecule has 2 N–H and O–H groups in total. The summed E-state index contributed by atoms with van der Waals surface area (Å²) in [7, 11) is 0. The molecular formula is C13H15F3N2O2. The molecular weight excluding hydrogens is 273 g/mol. The summed E-state index contributed by atoms with van der Waals surface area (Å²) >= 11 is 0. The van der Waals surface area contributed by atoms with Crippen LogP contribution in [0.15, 0.2) is 24.3 Å². The van der Waals surface area contributed by atoms with Crippen LogP contribution in [0.5, 0.6) is 0 Å². The number of hydrazine groups is 1. The fourth-order valence-corrected chi connectivity index (χ4v) is 1.73. The van der Waals surface area contributed by atoms with E-state index in [1.807, 2.05) is 0 Å². The third-order valence-corrected chi connectivity index (χ3v) is 2.73. The highest BCUT2D eigenvalue weighted by Crippen LogP contribution is 2.42. The molecule has 110 valence electrons. The van der Waals surface area contributed by atoms with Crippen molar-refractivity contribution in [3.63, 3.8) is 0 Å². The molecule has 1 saturated heterocycles. The molecule has 1 heterocycles. The van der Waals surface area contributed by atoms with Crippen LogP contribution in [0.3, 0.4) is 0 Å². The van der Waals surface area contributed by atoms with Crippen molar-refractivity contribution in [2.45, 2.75) is 38.2 Å². The molecule has 0 radical (unpaired) electrons. The second kappa shape index (κ2) is 4.46. The normalized spacial score (nSPS) is 17.7. The SMILES string of the molecule is CC(C)(C)OC(=O)c1cccc(C2(C(F)(F)F)NN2)c1. The van der Waals surface area contributed by atoms with Gasteiger partial charge in [-0.2, -0.15) is 13.2 Å². The zero-order valence-corrected chi connectivity index (χ0v) is 11.3. The van der Waals surface area contributed by atoms with Gasteiger partial charge >= 0.3 is 12.1 Å². The van der Waals surface area contributed by atoms with Gasteiger partial charge < -0.3 is 4.74 Å². The number of hydrogen-bond donors (Lipinski definition) is 2. The Morgan fingerprint density at radius 3 is 2.25 bits per heavy atom. The van der Waals surface area contributed by atoms with Crippen molar-refractivity contribution < 1.29 is 22.7 Å². The summed E-state index contributed by atoms with van der Waals surface area (Å²) in [6.07, 6.45) is -4.50. The lowest BCUT2D eigenvalue weighted by Crippen LogP contribution is -2.35. The van der Waals surface area contributed by atoms with E-state index in [2.05, 4.69) is 10.9 Å². The van der Waals surface area contributed by atoms with Crippen molar-refractivity contribution >= 4 is 5.97 Å². The highest BCUT2D eigenvalue weighted by atomic mass is 19.4. The lowest BCUT2D eigenvalue weighted by Gasteiger charge is -2.20. The Morgan fingerprint density at radius 1 is 1.20 bits per heavy atom. The summed E-state index contributed by atoms with van der Waals surface area (Å²) in [6, 6.07) is 5.29. The van der Waals surface area contributed by atoms with E-state index >= 15 is 0 Å². The quantitative estimate of drug-likeness (QED) is 0.648. The summed E-state index contributed by atoms with van der Waals surface area (Å²) < 4.78 is 44.0. The Morgan fingerprint density at radius 2 is 1.80 bits per heavy atom. The smallest absolute Gasteiger partial charge is 0.426 e. The Kier molecular flexibility index (Phi) is 3.30. The third-order valence-electron chi connectivity index (χ3n) is 2.73. The minimum Gasteiger partial charge on any atom is -0.456 e. The number of carbonyl (C=O) groups is 1. The van der Waals surface area contributed by atoms with Gasteiger partial charge in [0.1, 0.15) is 5.60 Å². The van der Waals surface area contributed by atoms with Gasteiger partial charge in [-0.25, -0.2) is 15.6 Å². The molecule has 0 bridgehead atoms. The van der Waals surface area contributed by atoms with E-state index < -0.39 is 23.4 Å². The fourth-order valence-electron chi connectivity index (χ4n) is 1.73. The van der Waals surface area contributed by atoms with Gasteiger partial charge in [0.15, 0.2) is 0 Å². The highest BCUT2D eigenvalue weighted by Gasteiger charge is 2.65. The molecule has 0 saturated carbocycles. The second-order valence-electron chi connectivity index (χ2n) is 5.58. The van der Waals surface area contributed by atoms with Crippen molar-refractivity contribution in [1.82, 2.24) is 10.9 Å². The van der Waals surface area contributed by atoms with Gasteiger partial charge in [0.2, 0.25) is 5.66 Å². The molecule has 1 fully saturated rings. The summed E-state index contributed by atoms with van der Waals surface area (Å²) in [5, 5.41) is 0. The standard InChI is InChI=1S/C13H15F3N2O2/c1-11(2,3)20-10(19)8-5-4-6-9(7-8)12(17-18-12)13(14,15)16/h4-7,17-18H,1-3H3. The van der Waals surface area contributed by atoms with Crippen LogP contribution in [-0.4, -0.2) is 17.7 Å². The Bertz CT molecular complexity index is 531. The van der Waals surface area contributed by atoms with Crippen molar-refractivity contribution in [3.05, 3.63) is 35.4 Å². The summed E-state index contributed by atoms with van der Waals surface area (Å²) in [5.74, 6) is -0.655. The number of benzene rings is 1. The van der Waals surface area contributed by atoms with E-state index in [4.69, 9.17) is 4.74 Å². The van der Waals surface area contributed by atoms with Gasteiger partial charge in [-0.05, 0) is 38.5 Å². The number of halogens is 3. The van der Waals surface area contributed by atoms with Crippen LogP contribution in [0.4, 0.5) is 13.2 Å². The number of nitrogens with one attached hydrogen (secondary N) is 2. The molecule has 4 nitrogen and oxygen atoms in total. The number of carbonyl (C=O) groups excluding carboxylic acids is 1. The van der Waals surface area contributed by atoms with Crippen molar-refractivity contribution in [1.29, 1.82) is 0 Å². The molecule has 0 spiro atoms. The first-order valence-corrected chi connectivity index (χ1v) is 6.00. The molecule has 7 heteroatoms. The average molecular weight is 288 g/mol. The highest BCUT2D eigenvalue weighted by molar-refractivity contribution is 5.90. The molecule has 2 rings (SSSR count). The average Bonchev–Trinajstić information content (AvgIpc) is 3.07. The van der Waals surface area contributed by atoms with Gasteiger partial charge in [-0.15, -0.1) is 0 Å². The minimum absolute atomic E-state index is 0.0756. The largest absolute Gasteiger partial charge is 0.456 e. The van der Waals surface area contributed by atoms with Crippen molar-refractivity contribution in [3.8, 4) is 0 Å². The van der Waals surface area contributed by atoms with Gasteiger partial charge in [0.25, 0.3) is 0 Å². The first kappa shape index (κ1) is 14.8. The molecule has 20 heavy (non-hydrogen) atoms. The lowest BCUT2D eigenvalue weighted by atomic mass is 10.0. The maximum atomic E-state index is 12.9. The maximum Gasteiger partial charge on any atom is 0.426 e. The van der Waals surface area contributed by atoms with Gasteiger partial charge in [0, 0.05) is 0 Å². The predicted molar refractivity (Wildman–Crippen MR) is 65.6 cm³/mol. The van der Waals surface area contributed by atoms with E-state index in [1.165, 1.54) is 24.3 Å². The van der Waals surface area contributed by atoms with Crippen LogP contribution in [0, 0.1) is 0 Å². The Balaban J connectivity index is 2.28. The zero-order valence-electron chi connectivity index (χ0n) is 11.3. The molecule has 1 aliphatic heterocycles. The second-order valence-corrected chi connectivity index (χ2v) is 5.58. The number of ether oxygens (including phenoxy) is 1. The fraction of sp³-hybridized carbons (Fsp3) is 0.462. The topological polar surface area (TPSA) is 70.2 Å². The monoisotopic (exact) mass is 288 g/mol. The summed E-state index contributed by atoms with van der Waals surface area (Å²) in [4.78, 5) is 11.9. The minimum atomic E-state index is -4.50. The molecule has 1 aromatic rings. The lowest BCUT2D eigenvalue weighted by molar-refractivity contribution is -0.165. The van der Waals surface area contributed by atoms with Crippen LogP contribution < -0.4 is 10.9 Å². The van der Waals surface area contributed by atoms with Crippen LogP contribution in [0.25, 0.3) is 0 Å². The Labute approximate surface area is 114 Å². The van der Waals surface area contributed by atoms with E-state index in [9.17, 15) is 18.0 Å². The number of rotatable bonds is 2. The molecule has 0 amide bonds. The van der Waals surface area contributed by atoms with Crippen molar-refractivity contribution in [2.24, 2.45) is 0 Å². The molecule has 1 aromatic carbocycles. The number of hydrogen-bond acceptors (Lipinski definition) is 4. The molecule has 0 aliphatic carbocycles. The van der Waals surface area contributed by atoms with Crippen molar-refractivity contribution in [2.75, 3.05) is 0 Å². The predicted octanol–water partition coefficient (Wildman–Crippen LogP) is 2.46. The van der Waals surface area contributed by atoms with E-state index in [1.54, 1.807) is 20.8 Å². The molecule has 0 unspecified atom stereocenters. The van der Waals surface area contributed by atoms with Crippen LogP contribution in [0.2, 0.25) is 0 Å². The van der Waals surface area contributed by atoms with E-state index in [0.29, 0.717) is 0 Å². The van der Waals surface area contributed by atoms with Crippen LogP contribution in [0.1, 0.15) is 36.7 Å². The Hall–Kier alpha value is -1.60. The first-order chi connectivity index (χ1) is 9.05. The van der Waals surface area contributed by atoms with E-state index in [-0.39, 0.29) is 11.1 Å². The molecule has 0 aromatic heterocycles. The first-order valence-electron chi connectivity index (χ1n) is 6.00. The number of esters is 1. The third kappa shape index (κ3) is 2.78.